The van der Waals surface area contributed by atoms with E-state index in [1.54, 1.807) is 24.3 Å². The van der Waals surface area contributed by atoms with Gasteiger partial charge in [0.1, 0.15) is 0 Å². The van der Waals surface area contributed by atoms with Gasteiger partial charge in [0.05, 0.1) is 31.4 Å². The van der Waals surface area contributed by atoms with Gasteiger partial charge in [-0.1, -0.05) is 42.5 Å². The molecular weight excluding hydrogens is 422 g/mol. The fraction of sp³-hybridized carbons (Fsp3) is 0.308. The fourth-order valence-corrected chi connectivity index (χ4v) is 3.74. The number of carbonyl (C=O) groups excluding carboxylic acids is 2. The number of benzene rings is 2. The normalized spacial score (nSPS) is 16.0. The average molecular weight is 452 g/mol. The van der Waals surface area contributed by atoms with Crippen LogP contribution in [0.25, 0.3) is 6.08 Å². The monoisotopic (exact) mass is 451 g/mol. The van der Waals surface area contributed by atoms with Crippen molar-refractivity contribution in [1.82, 2.24) is 4.90 Å². The molecule has 0 radical (unpaired) electrons. The van der Waals surface area contributed by atoms with Crippen LogP contribution in [0.4, 0.5) is 0 Å². The molecule has 174 valence electrons. The summed E-state index contributed by atoms with van der Waals surface area (Å²) < 4.78 is 16.5. The number of amides is 1. The summed E-state index contributed by atoms with van der Waals surface area (Å²) in [6, 6.07) is 13.8. The van der Waals surface area contributed by atoms with Crippen LogP contribution in [0.2, 0.25) is 0 Å². The van der Waals surface area contributed by atoms with Crippen LogP contribution in [-0.4, -0.2) is 55.2 Å². The van der Waals surface area contributed by atoms with Gasteiger partial charge in [-0.15, -0.1) is 0 Å². The molecule has 1 amide bonds. The van der Waals surface area contributed by atoms with Gasteiger partial charge in [0, 0.05) is 13.7 Å². The van der Waals surface area contributed by atoms with E-state index in [0.29, 0.717) is 30.3 Å². The van der Waals surface area contributed by atoms with E-state index >= 15 is 0 Å². The van der Waals surface area contributed by atoms with Crippen molar-refractivity contribution in [3.63, 3.8) is 0 Å². The number of hydrogen-bond acceptors (Lipinski definition) is 6. The molecular formula is C26H29NO6. The van der Waals surface area contributed by atoms with Crippen LogP contribution in [0.1, 0.15) is 31.0 Å². The second kappa shape index (κ2) is 11.3. The van der Waals surface area contributed by atoms with E-state index in [2.05, 4.69) is 0 Å². The number of allylic oxidation sites excluding steroid dienone is 1. The van der Waals surface area contributed by atoms with Crippen molar-refractivity contribution in [3.05, 3.63) is 77.1 Å². The summed E-state index contributed by atoms with van der Waals surface area (Å²) >= 11 is 0. The van der Waals surface area contributed by atoms with Crippen molar-refractivity contribution < 1.29 is 28.9 Å². The predicted molar refractivity (Wildman–Crippen MR) is 125 cm³/mol. The van der Waals surface area contributed by atoms with Crippen molar-refractivity contribution in [2.45, 2.75) is 19.9 Å². The molecule has 1 atom stereocenters. The topological polar surface area (TPSA) is 85.3 Å². The third-order valence-electron chi connectivity index (χ3n) is 5.22. The lowest BCUT2D eigenvalue weighted by Gasteiger charge is -2.27. The molecule has 7 nitrogen and oxygen atoms in total. The number of rotatable bonds is 11. The van der Waals surface area contributed by atoms with Crippen molar-refractivity contribution in [2.75, 3.05) is 33.5 Å². The van der Waals surface area contributed by atoms with Gasteiger partial charge in [-0.2, -0.15) is 0 Å². The van der Waals surface area contributed by atoms with E-state index in [4.69, 9.17) is 14.2 Å². The molecule has 1 aliphatic rings. The number of methoxy groups -OCH3 is 1. The highest BCUT2D eigenvalue weighted by Gasteiger charge is 2.43. The Morgan fingerprint density at radius 1 is 1.06 bits per heavy atom. The van der Waals surface area contributed by atoms with Crippen molar-refractivity contribution in [3.8, 4) is 11.5 Å². The van der Waals surface area contributed by atoms with Gasteiger partial charge in [-0.3, -0.25) is 9.59 Å². The zero-order valence-electron chi connectivity index (χ0n) is 19.1. The summed E-state index contributed by atoms with van der Waals surface area (Å²) in [5.41, 5.74) is 1.49. The maximum atomic E-state index is 13.2. The van der Waals surface area contributed by atoms with E-state index in [1.807, 2.05) is 44.2 Å². The molecule has 1 heterocycles. The molecule has 0 spiro atoms. The highest BCUT2D eigenvalue weighted by Crippen LogP contribution is 2.41. The van der Waals surface area contributed by atoms with Crippen LogP contribution in [0.5, 0.6) is 11.5 Å². The standard InChI is InChI=1S/C26H29NO6/c1-4-32-21-14-12-19(17-22(21)33-5-2)24-23(25(29)26(30)27(24)15-16-31-3)20(28)13-11-18-9-7-6-8-10-18/h6-14,17,24,29H,4-5,15-16H2,1-3H3. The van der Waals surface area contributed by atoms with E-state index in [0.717, 1.165) is 5.56 Å². The van der Waals surface area contributed by atoms with Crippen molar-refractivity contribution >= 4 is 17.8 Å². The molecule has 7 heteroatoms. The first-order valence-corrected chi connectivity index (χ1v) is 10.9. The van der Waals surface area contributed by atoms with Crippen LogP contribution in [0, 0.1) is 0 Å². The van der Waals surface area contributed by atoms with Gasteiger partial charge >= 0.3 is 0 Å². The van der Waals surface area contributed by atoms with Crippen LogP contribution >= 0.6 is 0 Å². The Labute approximate surface area is 193 Å². The molecule has 3 rings (SSSR count). The average Bonchev–Trinajstić information content (AvgIpc) is 3.08. The Bertz CT molecular complexity index is 1040. The zero-order valence-corrected chi connectivity index (χ0v) is 19.1. The van der Waals surface area contributed by atoms with Gasteiger partial charge in [0.2, 0.25) is 0 Å². The molecule has 0 bridgehead atoms. The highest BCUT2D eigenvalue weighted by atomic mass is 16.5. The minimum absolute atomic E-state index is 0.0230. The molecule has 0 saturated carbocycles. The van der Waals surface area contributed by atoms with E-state index in [-0.39, 0.29) is 18.7 Å². The minimum Gasteiger partial charge on any atom is -0.503 e. The van der Waals surface area contributed by atoms with E-state index in [1.165, 1.54) is 18.1 Å². The Morgan fingerprint density at radius 3 is 2.42 bits per heavy atom. The smallest absolute Gasteiger partial charge is 0.290 e. The quantitative estimate of drug-likeness (QED) is 0.518. The van der Waals surface area contributed by atoms with Crippen LogP contribution in [-0.2, 0) is 14.3 Å². The molecule has 0 saturated heterocycles. The number of aliphatic hydroxyl groups excluding tert-OH is 1. The largest absolute Gasteiger partial charge is 0.503 e. The first-order valence-electron chi connectivity index (χ1n) is 10.9. The lowest BCUT2D eigenvalue weighted by atomic mass is 9.95. The predicted octanol–water partition coefficient (Wildman–Crippen LogP) is 4.11. The molecule has 2 aromatic carbocycles. The van der Waals surface area contributed by atoms with Gasteiger partial charge in [0.25, 0.3) is 5.91 Å². The summed E-state index contributed by atoms with van der Waals surface area (Å²) in [5.74, 6) is -0.526. The SMILES string of the molecule is CCOc1ccc(C2C(C(=O)C=Cc3ccccc3)=C(O)C(=O)N2CCOC)cc1OCC. The van der Waals surface area contributed by atoms with Crippen LogP contribution in [0.3, 0.4) is 0 Å². The maximum absolute atomic E-state index is 13.2. The molecule has 1 N–H and O–H groups in total. The van der Waals surface area contributed by atoms with Gasteiger partial charge in [-0.05, 0) is 43.2 Å². The second-order valence-corrected chi connectivity index (χ2v) is 7.34. The zero-order chi connectivity index (χ0) is 23.8. The van der Waals surface area contributed by atoms with Crippen LogP contribution < -0.4 is 9.47 Å². The molecule has 0 aliphatic carbocycles. The Balaban J connectivity index is 2.03. The molecule has 0 fully saturated rings. The first kappa shape index (κ1) is 24.1. The molecule has 0 aromatic heterocycles. The first-order chi connectivity index (χ1) is 16.0. The van der Waals surface area contributed by atoms with Gasteiger partial charge < -0.3 is 24.2 Å². The van der Waals surface area contributed by atoms with E-state index < -0.39 is 23.5 Å². The summed E-state index contributed by atoms with van der Waals surface area (Å²) in [6.07, 6.45) is 3.03. The number of aliphatic hydroxyl groups is 1. The van der Waals surface area contributed by atoms with Crippen molar-refractivity contribution in [2.24, 2.45) is 0 Å². The number of ketones is 1. The van der Waals surface area contributed by atoms with Gasteiger partial charge in [-0.25, -0.2) is 0 Å². The highest BCUT2D eigenvalue weighted by molar-refractivity contribution is 6.14. The summed E-state index contributed by atoms with van der Waals surface area (Å²) in [6.45, 7) is 5.10. The molecule has 1 aliphatic heterocycles. The number of hydrogen-bond donors (Lipinski definition) is 1. The summed E-state index contributed by atoms with van der Waals surface area (Å²) in [4.78, 5) is 27.5. The number of nitrogens with zero attached hydrogens (tertiary/aromatic N) is 1. The fourth-order valence-electron chi connectivity index (χ4n) is 3.74. The summed E-state index contributed by atoms with van der Waals surface area (Å²) in [7, 11) is 1.53. The summed E-state index contributed by atoms with van der Waals surface area (Å²) in [5, 5.41) is 10.7. The Kier molecular flexibility index (Phi) is 8.27. The minimum atomic E-state index is -0.782. The van der Waals surface area contributed by atoms with E-state index in [9.17, 15) is 14.7 Å². The van der Waals surface area contributed by atoms with Crippen LogP contribution in [0.15, 0.2) is 65.9 Å². The maximum Gasteiger partial charge on any atom is 0.290 e. The van der Waals surface area contributed by atoms with Crippen molar-refractivity contribution in [1.29, 1.82) is 0 Å². The molecule has 33 heavy (non-hydrogen) atoms. The molecule has 2 aromatic rings. The second-order valence-electron chi connectivity index (χ2n) is 7.34. The van der Waals surface area contributed by atoms with Gasteiger partial charge in [0.15, 0.2) is 23.0 Å². The Hall–Kier alpha value is -3.58. The lowest BCUT2D eigenvalue weighted by Crippen LogP contribution is -2.33. The Morgan fingerprint density at radius 2 is 1.76 bits per heavy atom. The molecule has 1 unspecified atom stereocenters. The number of ether oxygens (including phenoxy) is 3. The number of carbonyl (C=O) groups is 2. The third-order valence-corrected chi connectivity index (χ3v) is 5.22. The lowest BCUT2D eigenvalue weighted by molar-refractivity contribution is -0.130. The third kappa shape index (κ3) is 5.43.